The molecule has 0 heterocycles. The van der Waals surface area contributed by atoms with E-state index in [0.717, 1.165) is 17.9 Å². The lowest BCUT2D eigenvalue weighted by atomic mass is 9.91. The Morgan fingerprint density at radius 3 is 1.85 bits per heavy atom. The van der Waals surface area contributed by atoms with Crippen molar-refractivity contribution < 1.29 is 0 Å². The summed E-state index contributed by atoms with van der Waals surface area (Å²) < 4.78 is 0. The van der Waals surface area contributed by atoms with Crippen LogP contribution in [0, 0.1) is 11.8 Å². The molecule has 1 heteroatoms. The quantitative estimate of drug-likeness (QED) is 0.640. The van der Waals surface area contributed by atoms with Crippen LogP contribution in [0.2, 0.25) is 0 Å². The summed E-state index contributed by atoms with van der Waals surface area (Å²) in [6.45, 7) is 9.21. The smallest absolute Gasteiger partial charge is 0.00691 e. The minimum atomic E-state index is 0.727. The van der Waals surface area contributed by atoms with E-state index in [1.54, 1.807) is 0 Å². The third kappa shape index (κ3) is 6.09. The molecule has 1 unspecified atom stereocenters. The van der Waals surface area contributed by atoms with Gasteiger partial charge in [-0.1, -0.05) is 40.5 Å². The first kappa shape index (κ1) is 13.0. The molecule has 0 fully saturated rings. The molecule has 0 radical (unpaired) electrons. The minimum absolute atomic E-state index is 0.727. The molecule has 0 aliphatic rings. The van der Waals surface area contributed by atoms with Crippen molar-refractivity contribution in [3.05, 3.63) is 0 Å². The van der Waals surface area contributed by atoms with Crippen LogP contribution in [-0.2, 0) is 0 Å². The largest absolute Gasteiger partial charge is 0.317 e. The van der Waals surface area contributed by atoms with E-state index in [1.807, 2.05) is 0 Å². The summed E-state index contributed by atoms with van der Waals surface area (Å²) in [4.78, 5) is 0. The summed E-state index contributed by atoms with van der Waals surface area (Å²) in [6, 6.07) is 0.727. The van der Waals surface area contributed by atoms with Gasteiger partial charge in [-0.05, 0) is 31.7 Å². The second-order valence-electron chi connectivity index (χ2n) is 4.53. The maximum Gasteiger partial charge on any atom is 0.00691 e. The van der Waals surface area contributed by atoms with Crippen molar-refractivity contribution in [3.63, 3.8) is 0 Å². The van der Waals surface area contributed by atoms with Crippen molar-refractivity contribution in [1.82, 2.24) is 5.32 Å². The van der Waals surface area contributed by atoms with Crippen LogP contribution in [0.15, 0.2) is 0 Å². The van der Waals surface area contributed by atoms with Crippen LogP contribution < -0.4 is 5.32 Å². The Balaban J connectivity index is 3.80. The van der Waals surface area contributed by atoms with Crippen LogP contribution in [0.3, 0.4) is 0 Å². The van der Waals surface area contributed by atoms with Crippen molar-refractivity contribution in [2.45, 2.75) is 59.4 Å². The Kier molecular flexibility index (Phi) is 7.35. The van der Waals surface area contributed by atoms with Gasteiger partial charge in [0.1, 0.15) is 0 Å². The molecule has 80 valence electrons. The molecule has 0 rings (SSSR count). The Labute approximate surface area is 84.3 Å². The molecule has 0 saturated heterocycles. The van der Waals surface area contributed by atoms with Crippen molar-refractivity contribution in [1.29, 1.82) is 0 Å². The number of hydrogen-bond acceptors (Lipinski definition) is 1. The molecule has 1 nitrogen and oxygen atoms in total. The lowest BCUT2D eigenvalue weighted by Crippen LogP contribution is -2.29. The third-order valence-electron chi connectivity index (χ3n) is 2.94. The summed E-state index contributed by atoms with van der Waals surface area (Å²) in [5, 5.41) is 3.43. The molecule has 0 bridgehead atoms. The Bertz CT molecular complexity index is 106. The fourth-order valence-corrected chi connectivity index (χ4v) is 1.93. The monoisotopic (exact) mass is 185 g/mol. The number of nitrogens with one attached hydrogen (secondary N) is 1. The molecule has 0 amide bonds. The highest BCUT2D eigenvalue weighted by Crippen LogP contribution is 2.18. The maximum atomic E-state index is 3.43. The molecule has 13 heavy (non-hydrogen) atoms. The van der Waals surface area contributed by atoms with Gasteiger partial charge in [0.15, 0.2) is 0 Å². The first-order chi connectivity index (χ1) is 6.13. The van der Waals surface area contributed by atoms with Gasteiger partial charge in [-0.25, -0.2) is 0 Å². The zero-order chi connectivity index (χ0) is 10.3. The van der Waals surface area contributed by atoms with Gasteiger partial charge in [-0.3, -0.25) is 0 Å². The highest BCUT2D eigenvalue weighted by atomic mass is 14.9. The van der Waals surface area contributed by atoms with Crippen LogP contribution in [0.25, 0.3) is 0 Å². The fraction of sp³-hybridized carbons (Fsp3) is 1.00. The van der Waals surface area contributed by atoms with Gasteiger partial charge >= 0.3 is 0 Å². The van der Waals surface area contributed by atoms with Crippen LogP contribution >= 0.6 is 0 Å². The van der Waals surface area contributed by atoms with Crippen LogP contribution in [-0.4, -0.2) is 13.1 Å². The maximum absolute atomic E-state index is 3.43. The van der Waals surface area contributed by atoms with Gasteiger partial charge < -0.3 is 5.32 Å². The molecule has 0 spiro atoms. The Morgan fingerprint density at radius 1 is 1.00 bits per heavy atom. The SMILES string of the molecule is CCC(CC)CC(CC(C)C)NC. The summed E-state index contributed by atoms with van der Waals surface area (Å²) in [6.07, 6.45) is 5.31. The van der Waals surface area contributed by atoms with Gasteiger partial charge in [0.05, 0.1) is 0 Å². The Morgan fingerprint density at radius 2 is 1.54 bits per heavy atom. The van der Waals surface area contributed by atoms with E-state index < -0.39 is 0 Å². The van der Waals surface area contributed by atoms with Crippen LogP contribution in [0.4, 0.5) is 0 Å². The average molecular weight is 185 g/mol. The fourth-order valence-electron chi connectivity index (χ4n) is 1.93. The molecule has 0 aromatic carbocycles. The number of hydrogen-bond donors (Lipinski definition) is 1. The molecule has 0 aromatic rings. The normalized spacial score (nSPS) is 14.1. The Hall–Kier alpha value is -0.0400. The van der Waals surface area contributed by atoms with Crippen molar-refractivity contribution in [2.75, 3.05) is 7.05 Å². The summed E-state index contributed by atoms with van der Waals surface area (Å²) in [5.41, 5.74) is 0. The van der Waals surface area contributed by atoms with Gasteiger partial charge in [-0.15, -0.1) is 0 Å². The van der Waals surface area contributed by atoms with Gasteiger partial charge in [0.25, 0.3) is 0 Å². The second kappa shape index (κ2) is 7.37. The third-order valence-corrected chi connectivity index (χ3v) is 2.94. The first-order valence-electron chi connectivity index (χ1n) is 5.81. The molecule has 1 N–H and O–H groups in total. The number of rotatable bonds is 7. The van der Waals surface area contributed by atoms with E-state index in [0.29, 0.717) is 0 Å². The minimum Gasteiger partial charge on any atom is -0.317 e. The molecule has 0 aliphatic heterocycles. The summed E-state index contributed by atoms with van der Waals surface area (Å²) in [7, 11) is 2.09. The van der Waals surface area contributed by atoms with E-state index in [4.69, 9.17) is 0 Å². The molecular weight excluding hydrogens is 158 g/mol. The van der Waals surface area contributed by atoms with E-state index in [9.17, 15) is 0 Å². The lowest BCUT2D eigenvalue weighted by molar-refractivity contribution is 0.339. The molecular formula is C12H27N. The van der Waals surface area contributed by atoms with E-state index in [-0.39, 0.29) is 0 Å². The van der Waals surface area contributed by atoms with Crippen molar-refractivity contribution >= 4 is 0 Å². The van der Waals surface area contributed by atoms with Crippen molar-refractivity contribution in [3.8, 4) is 0 Å². The zero-order valence-corrected chi connectivity index (χ0v) is 10.1. The average Bonchev–Trinajstić information content (AvgIpc) is 2.11. The van der Waals surface area contributed by atoms with E-state index in [2.05, 4.69) is 40.1 Å². The van der Waals surface area contributed by atoms with E-state index >= 15 is 0 Å². The highest BCUT2D eigenvalue weighted by Gasteiger charge is 2.13. The van der Waals surface area contributed by atoms with E-state index in [1.165, 1.54) is 25.7 Å². The second-order valence-corrected chi connectivity index (χ2v) is 4.53. The summed E-state index contributed by atoms with van der Waals surface area (Å²) >= 11 is 0. The molecule has 0 aliphatic carbocycles. The van der Waals surface area contributed by atoms with Crippen LogP contribution in [0.1, 0.15) is 53.4 Å². The van der Waals surface area contributed by atoms with Crippen molar-refractivity contribution in [2.24, 2.45) is 11.8 Å². The van der Waals surface area contributed by atoms with Crippen LogP contribution in [0.5, 0.6) is 0 Å². The topological polar surface area (TPSA) is 12.0 Å². The lowest BCUT2D eigenvalue weighted by Gasteiger charge is -2.22. The zero-order valence-electron chi connectivity index (χ0n) is 10.1. The highest BCUT2D eigenvalue weighted by molar-refractivity contribution is 4.70. The standard InChI is InChI=1S/C12H27N/c1-6-11(7-2)9-12(13-5)8-10(3)4/h10-13H,6-9H2,1-5H3. The summed E-state index contributed by atoms with van der Waals surface area (Å²) in [5.74, 6) is 1.73. The molecule has 1 atom stereocenters. The molecule has 0 saturated carbocycles. The van der Waals surface area contributed by atoms with Gasteiger partial charge in [-0.2, -0.15) is 0 Å². The first-order valence-corrected chi connectivity index (χ1v) is 5.81. The van der Waals surface area contributed by atoms with Gasteiger partial charge in [0, 0.05) is 6.04 Å². The van der Waals surface area contributed by atoms with Gasteiger partial charge in [0.2, 0.25) is 0 Å². The predicted octanol–water partition coefficient (Wildman–Crippen LogP) is 3.45. The predicted molar refractivity (Wildman–Crippen MR) is 61.0 cm³/mol. The molecule has 0 aromatic heterocycles.